The number of hydrogen-bond acceptors (Lipinski definition) is 6. The fourth-order valence-corrected chi connectivity index (χ4v) is 3.82. The van der Waals surface area contributed by atoms with Crippen molar-refractivity contribution in [1.29, 1.82) is 0 Å². The molecule has 0 atom stereocenters. The number of pyridine rings is 3. The number of aryl methyl sites for hydroxylation is 1. The van der Waals surface area contributed by atoms with Gasteiger partial charge in [0.25, 0.3) is 0 Å². The van der Waals surface area contributed by atoms with Gasteiger partial charge in [-0.1, -0.05) is 23.4 Å². The van der Waals surface area contributed by atoms with E-state index in [1.807, 2.05) is 68.0 Å². The molecule has 0 aliphatic heterocycles. The van der Waals surface area contributed by atoms with Gasteiger partial charge in [-0.3, -0.25) is 15.1 Å². The second-order valence-electron chi connectivity index (χ2n) is 7.69. The van der Waals surface area contributed by atoms with Crippen LogP contribution in [0.5, 0.6) is 0 Å². The van der Waals surface area contributed by atoms with E-state index < -0.39 is 0 Å². The highest BCUT2D eigenvalue weighted by atomic mass is 15.4. The summed E-state index contributed by atoms with van der Waals surface area (Å²) in [6.07, 6.45) is 7.23. The second-order valence-corrected chi connectivity index (χ2v) is 7.69. The van der Waals surface area contributed by atoms with Gasteiger partial charge >= 0.3 is 0 Å². The summed E-state index contributed by atoms with van der Waals surface area (Å²) in [5.74, 6) is 0.713. The minimum absolute atomic E-state index is 0.713. The lowest BCUT2D eigenvalue weighted by atomic mass is 10.0. The highest BCUT2D eigenvalue weighted by molar-refractivity contribution is 5.89. The average molecular weight is 430 g/mol. The molecule has 0 bridgehead atoms. The molecule has 0 unspecified atom stereocenters. The van der Waals surface area contributed by atoms with E-state index in [0.29, 0.717) is 5.82 Å². The quantitative estimate of drug-likeness (QED) is 0.438. The number of aromatic amines is 1. The van der Waals surface area contributed by atoms with Crippen molar-refractivity contribution in [2.24, 2.45) is 0 Å². The molecule has 1 aromatic carbocycles. The Hall–Kier alpha value is -4.72. The van der Waals surface area contributed by atoms with Crippen LogP contribution in [0.1, 0.15) is 5.69 Å². The fraction of sp³-hybridized carbons (Fsp3) is 0.0400. The van der Waals surface area contributed by atoms with E-state index in [2.05, 4.69) is 53.7 Å². The maximum atomic E-state index is 4.64. The summed E-state index contributed by atoms with van der Waals surface area (Å²) in [5, 5.41) is 16.9. The molecule has 6 aromatic rings. The molecule has 0 saturated carbocycles. The molecule has 8 heteroatoms. The molecule has 0 spiro atoms. The second kappa shape index (κ2) is 7.76. The molecule has 6 rings (SSSR count). The Labute approximate surface area is 189 Å². The van der Waals surface area contributed by atoms with E-state index in [0.717, 1.165) is 50.4 Å². The Morgan fingerprint density at radius 3 is 2.67 bits per heavy atom. The monoisotopic (exact) mass is 430 g/mol. The highest BCUT2D eigenvalue weighted by Crippen LogP contribution is 2.32. The topological polar surface area (TPSA) is 98.1 Å². The number of H-pyrrole nitrogens is 1. The predicted octanol–water partition coefficient (Wildman–Crippen LogP) is 4.64. The summed E-state index contributed by atoms with van der Waals surface area (Å²) in [6.45, 7) is 1.98. The van der Waals surface area contributed by atoms with E-state index in [4.69, 9.17) is 0 Å². The predicted molar refractivity (Wildman–Crippen MR) is 125 cm³/mol. The molecule has 0 fully saturated rings. The summed E-state index contributed by atoms with van der Waals surface area (Å²) in [5.41, 5.74) is 7.24. The molecule has 5 heterocycles. The van der Waals surface area contributed by atoms with E-state index in [-0.39, 0.29) is 0 Å². The van der Waals surface area contributed by atoms with Crippen LogP contribution in [0.25, 0.3) is 50.5 Å². The molecular formula is C25H18N8. The first-order valence-electron chi connectivity index (χ1n) is 10.5. The van der Waals surface area contributed by atoms with E-state index in [9.17, 15) is 0 Å². The number of benzene rings is 1. The zero-order valence-corrected chi connectivity index (χ0v) is 17.7. The van der Waals surface area contributed by atoms with Crippen molar-refractivity contribution in [1.82, 2.24) is 40.1 Å². The lowest BCUT2D eigenvalue weighted by Gasteiger charge is -2.06. The van der Waals surface area contributed by atoms with Gasteiger partial charge < -0.3 is 0 Å². The van der Waals surface area contributed by atoms with Gasteiger partial charge in [-0.15, -0.1) is 5.10 Å². The van der Waals surface area contributed by atoms with Crippen molar-refractivity contribution < 1.29 is 0 Å². The number of hydrogen-bond donors (Lipinski definition) is 1. The summed E-state index contributed by atoms with van der Waals surface area (Å²) in [7, 11) is 0. The first-order chi connectivity index (χ1) is 16.2. The van der Waals surface area contributed by atoms with E-state index in [1.165, 1.54) is 0 Å². The largest absolute Gasteiger partial charge is 0.276 e. The van der Waals surface area contributed by atoms with Gasteiger partial charge in [0.15, 0.2) is 5.82 Å². The van der Waals surface area contributed by atoms with Gasteiger partial charge in [-0.05, 0) is 55.0 Å². The molecule has 0 aliphatic carbocycles. The zero-order valence-electron chi connectivity index (χ0n) is 17.7. The van der Waals surface area contributed by atoms with Crippen molar-refractivity contribution in [3.8, 4) is 39.6 Å². The highest BCUT2D eigenvalue weighted by Gasteiger charge is 2.13. The lowest BCUT2D eigenvalue weighted by Crippen LogP contribution is -1.96. The van der Waals surface area contributed by atoms with Gasteiger partial charge in [-0.25, -0.2) is 9.67 Å². The Bertz CT molecular complexity index is 1580. The molecule has 0 radical (unpaired) electrons. The number of nitrogens with one attached hydrogen (secondary N) is 1. The standard InChI is InChI=1S/C25H18N8/c1-16-5-4-6-22(29-16)25-20(14-28-31-25)17-8-9-21-18(11-17)12-19(13-27-21)23-15-33(32-30-23)24-7-2-3-10-26-24/h2-15H,1H3,(H,28,31). The fourth-order valence-electron chi connectivity index (χ4n) is 3.82. The Morgan fingerprint density at radius 2 is 1.79 bits per heavy atom. The normalized spacial score (nSPS) is 11.2. The Kier molecular flexibility index (Phi) is 4.47. The molecule has 158 valence electrons. The molecule has 33 heavy (non-hydrogen) atoms. The molecule has 0 amide bonds. The minimum Gasteiger partial charge on any atom is -0.276 e. The maximum Gasteiger partial charge on any atom is 0.155 e. The number of nitrogens with zero attached hydrogens (tertiary/aromatic N) is 7. The zero-order chi connectivity index (χ0) is 22.2. The molecule has 8 nitrogen and oxygen atoms in total. The smallest absolute Gasteiger partial charge is 0.155 e. The van der Waals surface area contributed by atoms with Crippen LogP contribution in [-0.2, 0) is 0 Å². The van der Waals surface area contributed by atoms with Crippen molar-refractivity contribution in [3.05, 3.63) is 91.1 Å². The molecule has 0 aliphatic rings. The third-order valence-corrected chi connectivity index (χ3v) is 5.45. The number of aromatic nitrogens is 8. The van der Waals surface area contributed by atoms with E-state index in [1.54, 1.807) is 10.9 Å². The van der Waals surface area contributed by atoms with Crippen LogP contribution in [0.4, 0.5) is 0 Å². The van der Waals surface area contributed by atoms with Gasteiger partial charge in [0, 0.05) is 34.6 Å². The van der Waals surface area contributed by atoms with Gasteiger partial charge in [-0.2, -0.15) is 5.10 Å². The van der Waals surface area contributed by atoms with Crippen LogP contribution >= 0.6 is 0 Å². The van der Waals surface area contributed by atoms with Crippen molar-refractivity contribution >= 4 is 10.9 Å². The Morgan fingerprint density at radius 1 is 0.848 bits per heavy atom. The third kappa shape index (κ3) is 3.53. The molecular weight excluding hydrogens is 412 g/mol. The van der Waals surface area contributed by atoms with Crippen molar-refractivity contribution in [2.75, 3.05) is 0 Å². The molecule has 1 N–H and O–H groups in total. The van der Waals surface area contributed by atoms with Crippen LogP contribution < -0.4 is 0 Å². The third-order valence-electron chi connectivity index (χ3n) is 5.45. The van der Waals surface area contributed by atoms with Crippen LogP contribution in [0.2, 0.25) is 0 Å². The first kappa shape index (κ1) is 19.0. The van der Waals surface area contributed by atoms with Gasteiger partial charge in [0.2, 0.25) is 0 Å². The van der Waals surface area contributed by atoms with Crippen molar-refractivity contribution in [2.45, 2.75) is 6.92 Å². The SMILES string of the molecule is Cc1cccc(-c2[nH]ncc2-c2ccc3ncc(-c4cn(-c5ccccn5)nn4)cc3c2)n1. The summed E-state index contributed by atoms with van der Waals surface area (Å²) < 4.78 is 1.66. The van der Waals surface area contributed by atoms with Crippen LogP contribution in [0.15, 0.2) is 85.5 Å². The Balaban J connectivity index is 1.39. The van der Waals surface area contributed by atoms with Crippen molar-refractivity contribution in [3.63, 3.8) is 0 Å². The van der Waals surface area contributed by atoms with Crippen LogP contribution in [-0.4, -0.2) is 40.1 Å². The number of rotatable bonds is 4. The van der Waals surface area contributed by atoms with Gasteiger partial charge in [0.1, 0.15) is 5.69 Å². The van der Waals surface area contributed by atoms with E-state index >= 15 is 0 Å². The average Bonchev–Trinajstić information content (AvgIpc) is 3.54. The molecule has 5 aromatic heterocycles. The first-order valence-corrected chi connectivity index (χ1v) is 10.5. The summed E-state index contributed by atoms with van der Waals surface area (Å²) in [4.78, 5) is 13.6. The maximum absolute atomic E-state index is 4.64. The van der Waals surface area contributed by atoms with Crippen LogP contribution in [0, 0.1) is 6.92 Å². The summed E-state index contributed by atoms with van der Waals surface area (Å²) >= 11 is 0. The lowest BCUT2D eigenvalue weighted by molar-refractivity contribution is 0.782. The summed E-state index contributed by atoms with van der Waals surface area (Å²) in [6, 6.07) is 19.9. The van der Waals surface area contributed by atoms with Gasteiger partial charge in [0.05, 0.1) is 29.3 Å². The minimum atomic E-state index is 0.713. The molecule has 0 saturated heterocycles. The van der Waals surface area contributed by atoms with Crippen LogP contribution in [0.3, 0.4) is 0 Å². The number of fused-ring (bicyclic) bond motifs is 1.